The van der Waals surface area contributed by atoms with Gasteiger partial charge in [0.2, 0.25) is 0 Å². The molecule has 1 aliphatic carbocycles. The number of unbranched alkanes of at least 4 members (excludes halogenated alkanes) is 2. The van der Waals surface area contributed by atoms with Gasteiger partial charge in [-0.05, 0) is 47.9 Å². The quantitative estimate of drug-likeness (QED) is 0.186. The second-order valence-corrected chi connectivity index (χ2v) is 9.34. The zero-order chi connectivity index (χ0) is 28.0. The van der Waals surface area contributed by atoms with Crippen LogP contribution < -0.4 is 9.47 Å². The summed E-state index contributed by atoms with van der Waals surface area (Å²) in [6, 6.07) is 12.5. The van der Waals surface area contributed by atoms with Crippen molar-refractivity contribution in [2.24, 2.45) is 0 Å². The molecule has 4 rings (SSSR count). The van der Waals surface area contributed by atoms with Crippen LogP contribution in [0.4, 0.5) is 26.3 Å². The van der Waals surface area contributed by atoms with Crippen molar-refractivity contribution in [3.05, 3.63) is 113 Å². The van der Waals surface area contributed by atoms with E-state index in [1.165, 1.54) is 18.2 Å². The van der Waals surface area contributed by atoms with Crippen molar-refractivity contribution in [3.63, 3.8) is 0 Å². The van der Waals surface area contributed by atoms with Crippen molar-refractivity contribution in [1.82, 2.24) is 0 Å². The van der Waals surface area contributed by atoms with Gasteiger partial charge in [-0.15, -0.1) is 0 Å². The lowest BCUT2D eigenvalue weighted by Gasteiger charge is -2.31. The molecule has 3 aromatic carbocycles. The van der Waals surface area contributed by atoms with Crippen LogP contribution in [0.25, 0.3) is 5.57 Å². The molecule has 0 saturated carbocycles. The molecule has 1 atom stereocenters. The van der Waals surface area contributed by atoms with Crippen LogP contribution in [0.1, 0.15) is 54.9 Å². The number of halogens is 6. The first-order chi connectivity index (χ1) is 18.6. The molecule has 0 saturated heterocycles. The number of benzene rings is 3. The molecule has 0 amide bonds. The van der Waals surface area contributed by atoms with Crippen LogP contribution in [0, 0.1) is 11.6 Å². The third kappa shape index (κ3) is 6.67. The van der Waals surface area contributed by atoms with Crippen LogP contribution in [-0.2, 0) is 18.5 Å². The normalized spacial score (nSPS) is 17.2. The zero-order valence-electron chi connectivity index (χ0n) is 21.3. The maximum atomic E-state index is 16.4. The van der Waals surface area contributed by atoms with Crippen molar-refractivity contribution in [3.8, 4) is 11.5 Å². The molecule has 0 bridgehead atoms. The average molecular weight is 547 g/mol. The van der Waals surface area contributed by atoms with Gasteiger partial charge in [-0.25, -0.2) is 13.2 Å². The molecule has 1 unspecified atom stereocenters. The molecule has 0 radical (unpaired) electrons. The molecular formula is C31H28F6O2. The Balaban J connectivity index is 1.50. The van der Waals surface area contributed by atoms with E-state index in [2.05, 4.69) is 6.92 Å². The Kier molecular flexibility index (Phi) is 8.73. The maximum Gasteiger partial charge on any atom is 0.416 e. The Morgan fingerprint density at radius 1 is 0.872 bits per heavy atom. The lowest BCUT2D eigenvalue weighted by atomic mass is 9.78. The van der Waals surface area contributed by atoms with Crippen molar-refractivity contribution in [2.45, 2.75) is 51.1 Å². The minimum Gasteiger partial charge on any atom is -0.494 e. The molecule has 0 heterocycles. The minimum atomic E-state index is -4.55. The first-order valence-corrected chi connectivity index (χ1v) is 12.7. The van der Waals surface area contributed by atoms with Gasteiger partial charge in [0.1, 0.15) is 18.2 Å². The van der Waals surface area contributed by atoms with E-state index in [1.54, 1.807) is 24.3 Å². The molecular weight excluding hydrogens is 518 g/mol. The van der Waals surface area contributed by atoms with Crippen LogP contribution in [0.2, 0.25) is 0 Å². The molecule has 206 valence electrons. The second kappa shape index (κ2) is 12.0. The zero-order valence-corrected chi connectivity index (χ0v) is 21.3. The van der Waals surface area contributed by atoms with Gasteiger partial charge in [0.25, 0.3) is 0 Å². The Morgan fingerprint density at radius 3 is 2.26 bits per heavy atom. The molecule has 0 aliphatic heterocycles. The summed E-state index contributed by atoms with van der Waals surface area (Å²) in [4.78, 5) is 0. The number of rotatable bonds is 10. The van der Waals surface area contributed by atoms with E-state index < -0.39 is 34.6 Å². The van der Waals surface area contributed by atoms with Gasteiger partial charge in [-0.2, -0.15) is 13.2 Å². The minimum absolute atomic E-state index is 0.0496. The van der Waals surface area contributed by atoms with Gasteiger partial charge in [0.05, 0.1) is 12.2 Å². The summed E-state index contributed by atoms with van der Waals surface area (Å²) >= 11 is 0. The third-order valence-corrected chi connectivity index (χ3v) is 6.53. The summed E-state index contributed by atoms with van der Waals surface area (Å²) in [5, 5.41) is 0. The smallest absolute Gasteiger partial charge is 0.416 e. The van der Waals surface area contributed by atoms with Crippen LogP contribution in [0.3, 0.4) is 0 Å². The van der Waals surface area contributed by atoms with E-state index in [4.69, 9.17) is 9.47 Å². The Morgan fingerprint density at radius 2 is 1.59 bits per heavy atom. The van der Waals surface area contributed by atoms with Crippen LogP contribution >= 0.6 is 0 Å². The summed E-state index contributed by atoms with van der Waals surface area (Å²) in [6.45, 7) is 2.67. The van der Waals surface area contributed by atoms with Crippen LogP contribution in [-0.4, -0.2) is 6.61 Å². The van der Waals surface area contributed by atoms with E-state index in [-0.39, 0.29) is 29.9 Å². The Bertz CT molecular complexity index is 1330. The van der Waals surface area contributed by atoms with Crippen molar-refractivity contribution in [2.75, 3.05) is 6.61 Å². The molecule has 1 aliphatic rings. The molecule has 8 heteroatoms. The first kappa shape index (κ1) is 28.3. The van der Waals surface area contributed by atoms with Gasteiger partial charge in [0.15, 0.2) is 17.2 Å². The topological polar surface area (TPSA) is 18.5 Å². The number of hydrogen-bond acceptors (Lipinski definition) is 2. The van der Waals surface area contributed by atoms with Gasteiger partial charge in [0, 0.05) is 23.6 Å². The van der Waals surface area contributed by atoms with E-state index in [0.29, 0.717) is 17.9 Å². The van der Waals surface area contributed by atoms with Gasteiger partial charge in [-0.1, -0.05) is 62.3 Å². The van der Waals surface area contributed by atoms with Crippen LogP contribution in [0.15, 0.2) is 78.9 Å². The molecule has 0 fully saturated rings. The van der Waals surface area contributed by atoms with Crippen molar-refractivity contribution >= 4 is 5.57 Å². The molecule has 0 spiro atoms. The fourth-order valence-corrected chi connectivity index (χ4v) is 4.38. The Hall–Kier alpha value is -3.68. The standard InChI is InChI=1S/C31H28F6O2/c1-2-3-6-17-38-24-14-8-21(9-15-24)20-39-29-19-27(32)26(18-28(29)33)30(34)16-5-4-7-25(30)22-10-12-23(13-11-22)31(35,36)37/h4-5,7-15,18-19H,2-3,6,16-17,20H2,1H3. The molecule has 2 nitrogen and oxygen atoms in total. The highest BCUT2D eigenvalue weighted by molar-refractivity contribution is 5.77. The van der Waals surface area contributed by atoms with E-state index in [1.807, 2.05) is 0 Å². The highest BCUT2D eigenvalue weighted by Crippen LogP contribution is 2.47. The summed E-state index contributed by atoms with van der Waals surface area (Å²) in [5.41, 5.74) is -3.18. The third-order valence-electron chi connectivity index (χ3n) is 6.53. The second-order valence-electron chi connectivity index (χ2n) is 9.34. The highest BCUT2D eigenvalue weighted by atomic mass is 19.4. The summed E-state index contributed by atoms with van der Waals surface area (Å²) in [6.07, 6.45) is 2.60. The molecule has 0 N–H and O–H groups in total. The van der Waals surface area contributed by atoms with Crippen molar-refractivity contribution in [1.29, 1.82) is 0 Å². The average Bonchev–Trinajstić information content (AvgIpc) is 2.92. The Labute approximate surface area is 223 Å². The summed E-state index contributed by atoms with van der Waals surface area (Å²) in [7, 11) is 0. The fraction of sp³-hybridized carbons (Fsp3) is 0.290. The van der Waals surface area contributed by atoms with Gasteiger partial charge < -0.3 is 9.47 Å². The summed E-state index contributed by atoms with van der Waals surface area (Å²) in [5.74, 6) is -1.67. The van der Waals surface area contributed by atoms with Crippen molar-refractivity contribution < 1.29 is 35.8 Å². The predicted molar refractivity (Wildman–Crippen MR) is 138 cm³/mol. The number of hydrogen-bond donors (Lipinski definition) is 0. The first-order valence-electron chi connectivity index (χ1n) is 12.7. The molecule has 3 aromatic rings. The molecule has 39 heavy (non-hydrogen) atoms. The largest absolute Gasteiger partial charge is 0.494 e. The van der Waals surface area contributed by atoms with Gasteiger partial charge in [-0.3, -0.25) is 0 Å². The van der Waals surface area contributed by atoms with E-state index in [9.17, 15) is 17.6 Å². The predicted octanol–water partition coefficient (Wildman–Crippen LogP) is 9.34. The number of alkyl halides is 4. The lowest BCUT2D eigenvalue weighted by molar-refractivity contribution is -0.137. The monoisotopic (exact) mass is 546 g/mol. The summed E-state index contributed by atoms with van der Waals surface area (Å²) < 4.78 is 96.6. The SMILES string of the molecule is CCCCCOc1ccc(COc2cc(F)c(C3(F)CC=CC=C3c3ccc(C(F)(F)F)cc3)cc2F)cc1. The number of allylic oxidation sites excluding steroid dienone is 4. The van der Waals surface area contributed by atoms with E-state index >= 15 is 8.78 Å². The number of ether oxygens (including phenoxy) is 2. The van der Waals surface area contributed by atoms with Crippen LogP contribution in [0.5, 0.6) is 11.5 Å². The molecule has 0 aromatic heterocycles. The fourth-order valence-electron chi connectivity index (χ4n) is 4.38. The maximum absolute atomic E-state index is 16.4. The van der Waals surface area contributed by atoms with E-state index in [0.717, 1.165) is 55.7 Å². The highest BCUT2D eigenvalue weighted by Gasteiger charge is 2.41. The van der Waals surface area contributed by atoms with Gasteiger partial charge >= 0.3 is 6.18 Å². The lowest BCUT2D eigenvalue weighted by Crippen LogP contribution is -2.25.